The van der Waals surface area contributed by atoms with E-state index >= 15 is 0 Å². The number of carbonyl (C=O) groups excluding carboxylic acids is 1. The zero-order valence-corrected chi connectivity index (χ0v) is 19.9. The molecule has 1 saturated heterocycles. The molecule has 1 aromatic heterocycles. The summed E-state index contributed by atoms with van der Waals surface area (Å²) in [5.41, 5.74) is 3.97. The lowest BCUT2D eigenvalue weighted by atomic mass is 9.87. The minimum atomic E-state index is -0.288. The summed E-state index contributed by atoms with van der Waals surface area (Å²) < 4.78 is 16.2. The Kier molecular flexibility index (Phi) is 6.29. The quantitative estimate of drug-likeness (QED) is 0.362. The molecule has 0 spiro atoms. The summed E-state index contributed by atoms with van der Waals surface area (Å²) in [4.78, 5) is 17.6. The van der Waals surface area contributed by atoms with Crippen LogP contribution in [0.3, 0.4) is 0 Å². The average molecular weight is 476 g/mol. The average Bonchev–Trinajstić information content (AvgIpc) is 3.19. The van der Waals surface area contributed by atoms with Crippen molar-refractivity contribution >= 4 is 34.1 Å². The topological polar surface area (TPSA) is 28.5 Å². The summed E-state index contributed by atoms with van der Waals surface area (Å²) in [5.74, 6) is -0.430. The Hall–Kier alpha value is -3.31. The highest BCUT2D eigenvalue weighted by Crippen LogP contribution is 2.35. The van der Waals surface area contributed by atoms with E-state index in [0.717, 1.165) is 45.8 Å². The molecule has 6 heteroatoms. The van der Waals surface area contributed by atoms with Crippen LogP contribution < -0.4 is 4.90 Å². The third kappa shape index (κ3) is 4.40. The van der Waals surface area contributed by atoms with Gasteiger partial charge in [0.15, 0.2) is 0 Å². The Labute approximate surface area is 204 Å². The molecule has 1 unspecified atom stereocenters. The van der Waals surface area contributed by atoms with E-state index in [1.54, 1.807) is 12.1 Å². The van der Waals surface area contributed by atoms with E-state index in [9.17, 15) is 9.18 Å². The lowest BCUT2D eigenvalue weighted by Gasteiger charge is -2.37. The summed E-state index contributed by atoms with van der Waals surface area (Å²) >= 11 is 6.37. The van der Waals surface area contributed by atoms with Gasteiger partial charge in [0.05, 0.1) is 10.7 Å². The first-order valence-electron chi connectivity index (χ1n) is 11.6. The minimum absolute atomic E-state index is 0.0843. The molecule has 0 saturated carbocycles. The summed E-state index contributed by atoms with van der Waals surface area (Å²) in [6.07, 6.45) is 2.37. The molecule has 0 N–H and O–H groups in total. The first-order valence-corrected chi connectivity index (χ1v) is 12.0. The molecule has 0 aliphatic carbocycles. The summed E-state index contributed by atoms with van der Waals surface area (Å²) in [6.45, 7) is 2.73. The Morgan fingerprint density at radius 1 is 0.971 bits per heavy atom. The van der Waals surface area contributed by atoms with E-state index in [1.165, 1.54) is 6.07 Å². The summed E-state index contributed by atoms with van der Waals surface area (Å²) in [6, 6.07) is 22.6. The van der Waals surface area contributed by atoms with Gasteiger partial charge in [-0.2, -0.15) is 0 Å². The predicted octanol–water partition coefficient (Wildman–Crippen LogP) is 5.84. The molecule has 2 heterocycles. The van der Waals surface area contributed by atoms with Gasteiger partial charge in [0.2, 0.25) is 5.91 Å². The second-order valence-electron chi connectivity index (χ2n) is 8.84. The number of hydrogen-bond acceptors (Lipinski definition) is 2. The number of halogens is 2. The maximum atomic E-state index is 14.2. The van der Waals surface area contributed by atoms with E-state index in [2.05, 4.69) is 27.8 Å². The highest BCUT2D eigenvalue weighted by Gasteiger charge is 2.27. The molecule has 174 valence electrons. The van der Waals surface area contributed by atoms with E-state index in [0.29, 0.717) is 19.5 Å². The van der Waals surface area contributed by atoms with Gasteiger partial charge in [-0.15, -0.1) is 0 Å². The van der Waals surface area contributed by atoms with Crippen LogP contribution in [0.25, 0.3) is 10.9 Å². The number of anilines is 1. The second kappa shape index (κ2) is 9.51. The van der Waals surface area contributed by atoms with Crippen LogP contribution in [-0.4, -0.2) is 41.6 Å². The number of aromatic nitrogens is 1. The van der Waals surface area contributed by atoms with Crippen molar-refractivity contribution in [1.82, 2.24) is 9.47 Å². The van der Waals surface area contributed by atoms with Crippen LogP contribution >= 0.6 is 11.6 Å². The number of benzene rings is 3. The number of nitrogens with zero attached hydrogens (tertiary/aromatic N) is 3. The van der Waals surface area contributed by atoms with Crippen molar-refractivity contribution in [1.29, 1.82) is 0 Å². The van der Waals surface area contributed by atoms with Gasteiger partial charge < -0.3 is 14.4 Å². The molecule has 1 aliphatic heterocycles. The van der Waals surface area contributed by atoms with Crippen molar-refractivity contribution in [2.45, 2.75) is 12.3 Å². The fourth-order valence-electron chi connectivity index (χ4n) is 4.99. The lowest BCUT2D eigenvalue weighted by molar-refractivity contribution is -0.131. The number of para-hydroxylation sites is 2. The zero-order valence-electron chi connectivity index (χ0n) is 19.1. The molecule has 1 fully saturated rings. The van der Waals surface area contributed by atoms with Gasteiger partial charge in [-0.25, -0.2) is 4.39 Å². The molecule has 34 heavy (non-hydrogen) atoms. The number of fused-ring (bicyclic) bond motifs is 1. The Morgan fingerprint density at radius 2 is 1.71 bits per heavy atom. The van der Waals surface area contributed by atoms with Crippen molar-refractivity contribution in [2.75, 3.05) is 31.1 Å². The highest BCUT2D eigenvalue weighted by molar-refractivity contribution is 6.33. The monoisotopic (exact) mass is 475 g/mol. The Bertz CT molecular complexity index is 1330. The Balaban J connectivity index is 1.39. The van der Waals surface area contributed by atoms with Crippen molar-refractivity contribution < 1.29 is 9.18 Å². The SMILES string of the molecule is Cn1cc(C(CC(=O)N2CCN(c3ccccc3Cl)CC2)c2cccc(F)c2)c2ccccc21. The minimum Gasteiger partial charge on any atom is -0.367 e. The van der Waals surface area contributed by atoms with Crippen LogP contribution in [-0.2, 0) is 11.8 Å². The van der Waals surface area contributed by atoms with Crippen LogP contribution in [0.15, 0.2) is 79.0 Å². The molecule has 1 amide bonds. The molecule has 1 atom stereocenters. The van der Waals surface area contributed by atoms with Crippen LogP contribution in [0, 0.1) is 5.82 Å². The van der Waals surface area contributed by atoms with Crippen LogP contribution in [0.2, 0.25) is 5.02 Å². The van der Waals surface area contributed by atoms with E-state index in [4.69, 9.17) is 11.6 Å². The summed E-state index contributed by atoms with van der Waals surface area (Å²) in [7, 11) is 2.00. The predicted molar refractivity (Wildman–Crippen MR) is 136 cm³/mol. The second-order valence-corrected chi connectivity index (χ2v) is 9.25. The third-order valence-corrected chi connectivity index (χ3v) is 7.08. The molecule has 4 aromatic rings. The van der Waals surface area contributed by atoms with E-state index < -0.39 is 0 Å². The van der Waals surface area contributed by atoms with Crippen LogP contribution in [0.5, 0.6) is 0 Å². The fraction of sp³-hybridized carbons (Fsp3) is 0.250. The van der Waals surface area contributed by atoms with Gasteiger partial charge >= 0.3 is 0 Å². The molecule has 1 aliphatic rings. The van der Waals surface area contributed by atoms with Crippen LogP contribution in [0.4, 0.5) is 10.1 Å². The number of rotatable bonds is 5. The molecular weight excluding hydrogens is 449 g/mol. The number of carbonyl (C=O) groups is 1. The first-order chi connectivity index (χ1) is 16.5. The van der Waals surface area contributed by atoms with Crippen LogP contribution in [0.1, 0.15) is 23.5 Å². The zero-order chi connectivity index (χ0) is 23.7. The number of aryl methyl sites for hydroxylation is 1. The number of amides is 1. The van der Waals surface area contributed by atoms with Gasteiger partial charge in [-0.05, 0) is 41.5 Å². The molecule has 0 radical (unpaired) electrons. The molecular formula is C28H27ClFN3O. The molecule has 4 nitrogen and oxygen atoms in total. The lowest BCUT2D eigenvalue weighted by Crippen LogP contribution is -2.49. The van der Waals surface area contributed by atoms with Crippen molar-refractivity contribution in [3.8, 4) is 0 Å². The summed E-state index contributed by atoms with van der Waals surface area (Å²) in [5, 5.41) is 1.82. The van der Waals surface area contributed by atoms with Gasteiger partial charge in [0.1, 0.15) is 5.82 Å². The van der Waals surface area contributed by atoms with Gasteiger partial charge in [0, 0.05) is 62.7 Å². The fourth-order valence-corrected chi connectivity index (χ4v) is 5.25. The van der Waals surface area contributed by atoms with Gasteiger partial charge in [-0.1, -0.05) is 54.1 Å². The molecule has 0 bridgehead atoms. The molecule has 3 aromatic carbocycles. The first kappa shape index (κ1) is 22.5. The Morgan fingerprint density at radius 3 is 2.47 bits per heavy atom. The maximum Gasteiger partial charge on any atom is 0.223 e. The highest BCUT2D eigenvalue weighted by atomic mass is 35.5. The normalized spacial score (nSPS) is 15.0. The van der Waals surface area contributed by atoms with Crippen molar-refractivity contribution in [3.63, 3.8) is 0 Å². The number of piperazine rings is 1. The largest absolute Gasteiger partial charge is 0.367 e. The van der Waals surface area contributed by atoms with Crippen molar-refractivity contribution in [3.05, 3.63) is 101 Å². The third-order valence-electron chi connectivity index (χ3n) is 6.76. The maximum absolute atomic E-state index is 14.2. The van der Waals surface area contributed by atoms with Gasteiger partial charge in [-0.3, -0.25) is 4.79 Å². The standard InChI is InChI=1S/C28H27ClFN3O/c1-31-19-24(22-9-2-4-11-26(22)31)23(20-7-6-8-21(30)17-20)18-28(34)33-15-13-32(14-16-33)27-12-5-3-10-25(27)29/h2-12,17,19,23H,13-16,18H2,1H3. The number of hydrogen-bond donors (Lipinski definition) is 0. The van der Waals surface area contributed by atoms with E-state index in [-0.39, 0.29) is 17.6 Å². The van der Waals surface area contributed by atoms with Crippen molar-refractivity contribution in [2.24, 2.45) is 7.05 Å². The molecule has 5 rings (SSSR count). The van der Waals surface area contributed by atoms with Gasteiger partial charge in [0.25, 0.3) is 0 Å². The van der Waals surface area contributed by atoms with E-state index in [1.807, 2.05) is 54.4 Å². The smallest absolute Gasteiger partial charge is 0.223 e.